The third-order valence-electron chi connectivity index (χ3n) is 3.23. The number of H-pyrrole nitrogens is 1. The summed E-state index contributed by atoms with van der Waals surface area (Å²) in [5.41, 5.74) is 2.75. The van der Waals surface area contributed by atoms with Gasteiger partial charge >= 0.3 is 5.97 Å². The number of nitrogens with one attached hydrogen (secondary N) is 2. The molecule has 6 heteroatoms. The molecule has 0 spiro atoms. The molecule has 0 aliphatic carbocycles. The van der Waals surface area contributed by atoms with Crippen LogP contribution in [0.2, 0.25) is 0 Å². The number of rotatable bonds is 6. The van der Waals surface area contributed by atoms with E-state index < -0.39 is 5.97 Å². The summed E-state index contributed by atoms with van der Waals surface area (Å²) in [5.74, 6) is -0.923. The zero-order valence-corrected chi connectivity index (χ0v) is 11.3. The van der Waals surface area contributed by atoms with E-state index in [1.807, 2.05) is 24.4 Å². The van der Waals surface area contributed by atoms with Crippen molar-refractivity contribution in [2.75, 3.05) is 11.9 Å². The van der Waals surface area contributed by atoms with E-state index >= 15 is 0 Å². The minimum Gasteiger partial charge on any atom is -0.481 e. The summed E-state index contributed by atoms with van der Waals surface area (Å²) in [6.07, 6.45) is 4.05. The highest BCUT2D eigenvalue weighted by Crippen LogP contribution is 2.18. The van der Waals surface area contributed by atoms with Crippen LogP contribution in [0, 0.1) is 0 Å². The number of aromatic nitrogens is 2. The second-order valence-corrected chi connectivity index (χ2v) is 4.75. The number of oxazole rings is 1. The number of nitrogens with zero attached hydrogens (tertiary/aromatic N) is 1. The molecule has 3 aromatic rings. The molecule has 2 heterocycles. The van der Waals surface area contributed by atoms with Crippen LogP contribution < -0.4 is 5.32 Å². The van der Waals surface area contributed by atoms with Gasteiger partial charge < -0.3 is 19.8 Å². The molecule has 0 fully saturated rings. The van der Waals surface area contributed by atoms with Crippen LogP contribution in [0.3, 0.4) is 0 Å². The highest BCUT2D eigenvalue weighted by molar-refractivity contribution is 5.83. The third-order valence-corrected chi connectivity index (χ3v) is 3.23. The van der Waals surface area contributed by atoms with Crippen molar-refractivity contribution in [2.45, 2.75) is 12.8 Å². The van der Waals surface area contributed by atoms with E-state index in [1.165, 1.54) is 17.2 Å². The maximum Gasteiger partial charge on any atom is 0.309 e. The fourth-order valence-electron chi connectivity index (χ4n) is 2.27. The zero-order valence-electron chi connectivity index (χ0n) is 11.3. The Labute approximate surface area is 120 Å². The summed E-state index contributed by atoms with van der Waals surface area (Å²) in [4.78, 5) is 17.9. The average molecular weight is 285 g/mol. The highest BCUT2D eigenvalue weighted by atomic mass is 16.4. The number of aliphatic carboxylic acids is 1. The number of anilines is 1. The first-order chi connectivity index (χ1) is 10.2. The number of aromatic amines is 1. The molecule has 0 saturated carbocycles. The van der Waals surface area contributed by atoms with E-state index in [9.17, 15) is 4.79 Å². The van der Waals surface area contributed by atoms with Crippen molar-refractivity contribution in [2.24, 2.45) is 0 Å². The fourth-order valence-corrected chi connectivity index (χ4v) is 2.27. The molecular formula is C15H15N3O3. The van der Waals surface area contributed by atoms with E-state index in [0.717, 1.165) is 11.9 Å². The molecule has 0 aliphatic heterocycles. The Kier molecular flexibility index (Phi) is 3.59. The lowest BCUT2D eigenvalue weighted by molar-refractivity contribution is -0.136. The van der Waals surface area contributed by atoms with E-state index in [1.54, 1.807) is 0 Å². The number of benzene rings is 1. The zero-order chi connectivity index (χ0) is 14.7. The number of carbonyl (C=O) groups is 1. The van der Waals surface area contributed by atoms with E-state index in [-0.39, 0.29) is 6.42 Å². The van der Waals surface area contributed by atoms with Crippen LogP contribution in [0.25, 0.3) is 10.9 Å². The van der Waals surface area contributed by atoms with E-state index in [2.05, 4.69) is 21.4 Å². The Hall–Kier alpha value is -2.76. The van der Waals surface area contributed by atoms with Crippen LogP contribution in [0.15, 0.2) is 41.1 Å². The minimum absolute atomic E-state index is 0.131. The van der Waals surface area contributed by atoms with Crippen LogP contribution in [-0.4, -0.2) is 27.6 Å². The molecule has 0 amide bonds. The minimum atomic E-state index is -0.923. The maximum atomic E-state index is 10.6. The van der Waals surface area contributed by atoms with Crippen LogP contribution in [0.4, 0.5) is 6.01 Å². The molecule has 108 valence electrons. The summed E-state index contributed by atoms with van der Waals surface area (Å²) in [6.45, 7) is 0.662. The lowest BCUT2D eigenvalue weighted by Crippen LogP contribution is -2.05. The molecule has 0 aliphatic rings. The summed E-state index contributed by atoms with van der Waals surface area (Å²) in [6, 6.07) is 8.48. The van der Waals surface area contributed by atoms with Gasteiger partial charge in [-0.1, -0.05) is 18.2 Å². The average Bonchev–Trinajstić information content (AvgIpc) is 3.06. The molecule has 0 radical (unpaired) electrons. The molecule has 6 nitrogen and oxygen atoms in total. The van der Waals surface area contributed by atoms with Gasteiger partial charge in [-0.2, -0.15) is 4.98 Å². The number of para-hydroxylation sites is 1. The third kappa shape index (κ3) is 3.05. The number of hydrogen-bond donors (Lipinski definition) is 3. The van der Waals surface area contributed by atoms with Crippen LogP contribution >= 0.6 is 0 Å². The Morgan fingerprint density at radius 2 is 2.24 bits per heavy atom. The Balaban J connectivity index is 1.58. The second kappa shape index (κ2) is 5.70. The van der Waals surface area contributed by atoms with E-state index in [0.29, 0.717) is 18.3 Å². The van der Waals surface area contributed by atoms with Crippen LogP contribution in [-0.2, 0) is 17.6 Å². The molecule has 3 N–H and O–H groups in total. The van der Waals surface area contributed by atoms with Crippen molar-refractivity contribution in [3.63, 3.8) is 0 Å². The van der Waals surface area contributed by atoms with Gasteiger partial charge in [0.25, 0.3) is 6.01 Å². The first-order valence-corrected chi connectivity index (χ1v) is 6.67. The Morgan fingerprint density at radius 3 is 3.10 bits per heavy atom. The molecule has 0 saturated heterocycles. The van der Waals surface area contributed by atoms with Gasteiger partial charge in [0.1, 0.15) is 6.26 Å². The molecule has 1 aromatic carbocycles. The summed E-state index contributed by atoms with van der Waals surface area (Å²) < 4.78 is 5.18. The van der Waals surface area contributed by atoms with Gasteiger partial charge in [-0.25, -0.2) is 0 Å². The molecular weight excluding hydrogens is 270 g/mol. The molecule has 0 unspecified atom stereocenters. The van der Waals surface area contributed by atoms with Gasteiger partial charge in [-0.05, 0) is 18.1 Å². The predicted molar refractivity (Wildman–Crippen MR) is 78.3 cm³/mol. The van der Waals surface area contributed by atoms with Crippen molar-refractivity contribution in [1.82, 2.24) is 9.97 Å². The molecule has 21 heavy (non-hydrogen) atoms. The lowest BCUT2D eigenvalue weighted by atomic mass is 10.1. The first kappa shape index (κ1) is 13.2. The topological polar surface area (TPSA) is 91.1 Å². The summed E-state index contributed by atoms with van der Waals surface area (Å²) in [7, 11) is 0. The molecule has 3 rings (SSSR count). The molecule has 2 aromatic heterocycles. The number of carboxylic acids is 1. The van der Waals surface area contributed by atoms with Crippen molar-refractivity contribution < 1.29 is 14.3 Å². The number of carboxylic acid groups (broad SMARTS) is 1. The van der Waals surface area contributed by atoms with Gasteiger partial charge in [0.05, 0.1) is 12.1 Å². The SMILES string of the molecule is O=C(O)Cc1coc(NCCc2c[nH]c3ccccc23)n1. The predicted octanol–water partition coefficient (Wildman–Crippen LogP) is 2.44. The number of fused-ring (bicyclic) bond motifs is 1. The van der Waals surface area contributed by atoms with Crippen molar-refractivity contribution in [3.8, 4) is 0 Å². The van der Waals surface area contributed by atoms with Crippen LogP contribution in [0.5, 0.6) is 0 Å². The monoisotopic (exact) mass is 285 g/mol. The van der Waals surface area contributed by atoms with Crippen molar-refractivity contribution in [1.29, 1.82) is 0 Å². The number of hydrogen-bond acceptors (Lipinski definition) is 4. The standard InChI is InChI=1S/C15H15N3O3/c19-14(20)7-11-9-21-15(18-11)16-6-5-10-8-17-13-4-2-1-3-12(10)13/h1-4,8-9,17H,5-7H2,(H,16,18)(H,19,20). The lowest BCUT2D eigenvalue weighted by Gasteiger charge is -2.01. The Bertz CT molecular complexity index is 760. The smallest absolute Gasteiger partial charge is 0.309 e. The Morgan fingerprint density at radius 1 is 1.38 bits per heavy atom. The fraction of sp³-hybridized carbons (Fsp3) is 0.200. The normalized spacial score (nSPS) is 10.9. The summed E-state index contributed by atoms with van der Waals surface area (Å²) in [5, 5.41) is 12.9. The largest absolute Gasteiger partial charge is 0.481 e. The van der Waals surface area contributed by atoms with Gasteiger partial charge in [-0.3, -0.25) is 4.79 Å². The van der Waals surface area contributed by atoms with Gasteiger partial charge in [0.2, 0.25) is 0 Å². The van der Waals surface area contributed by atoms with Gasteiger partial charge in [-0.15, -0.1) is 0 Å². The highest BCUT2D eigenvalue weighted by Gasteiger charge is 2.08. The van der Waals surface area contributed by atoms with Crippen LogP contribution in [0.1, 0.15) is 11.3 Å². The molecule has 0 atom stereocenters. The first-order valence-electron chi connectivity index (χ1n) is 6.67. The second-order valence-electron chi connectivity index (χ2n) is 4.75. The van der Waals surface area contributed by atoms with Gasteiger partial charge in [0, 0.05) is 23.6 Å². The summed E-state index contributed by atoms with van der Waals surface area (Å²) >= 11 is 0. The maximum absolute atomic E-state index is 10.6. The van der Waals surface area contributed by atoms with Crippen molar-refractivity contribution >= 4 is 22.9 Å². The van der Waals surface area contributed by atoms with Gasteiger partial charge in [0.15, 0.2) is 0 Å². The molecule has 0 bridgehead atoms. The van der Waals surface area contributed by atoms with Crippen molar-refractivity contribution in [3.05, 3.63) is 48.0 Å². The quantitative estimate of drug-likeness (QED) is 0.647. The van der Waals surface area contributed by atoms with E-state index in [4.69, 9.17) is 9.52 Å².